The average Bonchev–Trinajstić information content (AvgIpc) is 2.54. The van der Waals surface area contributed by atoms with Gasteiger partial charge in [0, 0.05) is 0 Å². The van der Waals surface area contributed by atoms with Gasteiger partial charge in [-0.2, -0.15) is 0 Å². The molecule has 1 heterocycles. The van der Waals surface area contributed by atoms with Crippen LogP contribution in [0.5, 0.6) is 0 Å². The Bertz CT molecular complexity index is 399. The molecule has 2 rings (SSSR count). The molecule has 0 atom stereocenters. The van der Waals surface area contributed by atoms with E-state index in [2.05, 4.69) is 10.5 Å². The third-order valence-corrected chi connectivity index (χ3v) is 1.91. The molecule has 1 N–H and O–H groups in total. The number of Topliss-reactive ketones (excluding diaryl/α,β-unsaturated/α-hetero) is 1. The number of fused-ring (bicyclic) bond motifs is 1. The van der Waals surface area contributed by atoms with Gasteiger partial charge in [0.2, 0.25) is 5.78 Å². The third kappa shape index (κ3) is 1.40. The van der Waals surface area contributed by atoms with Crippen LogP contribution in [0.1, 0.15) is 17.3 Å². The number of amidine groups is 1. The number of nitrogens with zero attached hydrogens (tertiary/aromatic N) is 1. The summed E-state index contributed by atoms with van der Waals surface area (Å²) < 4.78 is 0. The van der Waals surface area contributed by atoms with Crippen molar-refractivity contribution in [3.63, 3.8) is 0 Å². The Morgan fingerprint density at radius 1 is 1.43 bits per heavy atom. The predicted molar refractivity (Wildman–Crippen MR) is 52.6 cm³/mol. The normalized spacial score (nSPS) is 13.8. The van der Waals surface area contributed by atoms with Crippen LogP contribution in [0.3, 0.4) is 0 Å². The number of carbonyl (C=O) groups is 1. The van der Waals surface area contributed by atoms with Crippen molar-refractivity contribution in [2.75, 3.05) is 6.61 Å². The molecule has 0 aromatic heterocycles. The van der Waals surface area contributed by atoms with E-state index in [1.807, 2.05) is 19.1 Å². The van der Waals surface area contributed by atoms with Crippen molar-refractivity contribution in [3.05, 3.63) is 29.8 Å². The molecular weight excluding hydrogens is 180 g/mol. The van der Waals surface area contributed by atoms with Crippen molar-refractivity contribution in [1.82, 2.24) is 5.48 Å². The number of ketones is 1. The van der Waals surface area contributed by atoms with E-state index in [1.54, 1.807) is 12.1 Å². The first-order chi connectivity index (χ1) is 6.83. The van der Waals surface area contributed by atoms with Crippen LogP contribution in [-0.4, -0.2) is 18.2 Å². The summed E-state index contributed by atoms with van der Waals surface area (Å²) in [7, 11) is 0. The maximum absolute atomic E-state index is 11.6. The van der Waals surface area contributed by atoms with Gasteiger partial charge in [-0.15, -0.1) is 0 Å². The molecule has 1 aromatic rings. The van der Waals surface area contributed by atoms with Crippen LogP contribution in [0, 0.1) is 0 Å². The van der Waals surface area contributed by atoms with Crippen LogP contribution < -0.4 is 5.48 Å². The van der Waals surface area contributed by atoms with E-state index in [9.17, 15) is 4.79 Å². The summed E-state index contributed by atoms with van der Waals surface area (Å²) in [5, 5.41) is 0. The fourth-order valence-electron chi connectivity index (χ4n) is 1.27. The molecular formula is C10H10N2O2. The summed E-state index contributed by atoms with van der Waals surface area (Å²) in [6.07, 6.45) is 0. The third-order valence-electron chi connectivity index (χ3n) is 1.91. The van der Waals surface area contributed by atoms with Gasteiger partial charge in [-0.05, 0) is 19.1 Å². The van der Waals surface area contributed by atoms with Crippen molar-refractivity contribution in [2.24, 2.45) is 4.99 Å². The molecule has 0 spiro atoms. The summed E-state index contributed by atoms with van der Waals surface area (Å²) in [6.45, 7) is 2.32. The van der Waals surface area contributed by atoms with E-state index in [0.29, 0.717) is 17.9 Å². The Labute approximate surface area is 81.6 Å². The number of hydroxylamine groups is 1. The quantitative estimate of drug-likeness (QED) is 0.718. The monoisotopic (exact) mass is 190 g/mol. The number of aliphatic imine (C=N–C) groups is 1. The smallest absolute Gasteiger partial charge is 0.232 e. The van der Waals surface area contributed by atoms with Gasteiger partial charge in [0.1, 0.15) is 0 Å². The Morgan fingerprint density at radius 2 is 2.21 bits per heavy atom. The minimum absolute atomic E-state index is 0.117. The Kier molecular flexibility index (Phi) is 2.28. The highest BCUT2D eigenvalue weighted by Gasteiger charge is 2.23. The van der Waals surface area contributed by atoms with Gasteiger partial charge in [0.15, 0.2) is 5.84 Å². The highest BCUT2D eigenvalue weighted by molar-refractivity contribution is 6.48. The van der Waals surface area contributed by atoms with Crippen LogP contribution in [-0.2, 0) is 4.84 Å². The number of benzene rings is 1. The van der Waals surface area contributed by atoms with E-state index < -0.39 is 0 Å². The van der Waals surface area contributed by atoms with E-state index in [-0.39, 0.29) is 11.6 Å². The van der Waals surface area contributed by atoms with Gasteiger partial charge in [-0.25, -0.2) is 10.5 Å². The molecule has 4 heteroatoms. The largest absolute Gasteiger partial charge is 0.285 e. The number of para-hydroxylation sites is 1. The van der Waals surface area contributed by atoms with Crippen LogP contribution in [0.4, 0.5) is 5.69 Å². The maximum atomic E-state index is 11.6. The number of hydrogen-bond acceptors (Lipinski definition) is 4. The van der Waals surface area contributed by atoms with E-state index >= 15 is 0 Å². The second kappa shape index (κ2) is 3.59. The molecule has 0 saturated carbocycles. The summed E-state index contributed by atoms with van der Waals surface area (Å²) in [5.41, 5.74) is 3.84. The first-order valence-corrected chi connectivity index (χ1v) is 4.43. The second-order valence-electron chi connectivity index (χ2n) is 2.84. The summed E-state index contributed by atoms with van der Waals surface area (Å²) in [4.78, 5) is 20.6. The fourth-order valence-corrected chi connectivity index (χ4v) is 1.27. The van der Waals surface area contributed by atoms with E-state index in [0.717, 1.165) is 0 Å². The van der Waals surface area contributed by atoms with Crippen LogP contribution in [0.15, 0.2) is 29.3 Å². The van der Waals surface area contributed by atoms with Gasteiger partial charge in [0.05, 0.1) is 17.9 Å². The van der Waals surface area contributed by atoms with Crippen LogP contribution in [0.2, 0.25) is 0 Å². The zero-order chi connectivity index (χ0) is 9.97. The van der Waals surface area contributed by atoms with Crippen molar-refractivity contribution >= 4 is 17.3 Å². The molecule has 1 aliphatic rings. The molecule has 0 amide bonds. The molecule has 14 heavy (non-hydrogen) atoms. The first-order valence-electron chi connectivity index (χ1n) is 4.43. The number of hydrogen-bond donors (Lipinski definition) is 1. The standard InChI is InChI=1S/C10H10N2O2/c1-2-14-12-10-9(13)7-5-3-4-6-8(7)11-10/h3-6H,2H2,1H3,(H,11,12,13). The van der Waals surface area contributed by atoms with Gasteiger partial charge in [0.25, 0.3) is 0 Å². The molecule has 0 fully saturated rings. The minimum atomic E-state index is -0.117. The minimum Gasteiger partial charge on any atom is -0.285 e. The van der Waals surface area contributed by atoms with Crippen LogP contribution in [0.25, 0.3) is 0 Å². The lowest BCUT2D eigenvalue weighted by Crippen LogP contribution is -2.28. The molecule has 0 bridgehead atoms. The Hall–Kier alpha value is -1.68. The summed E-state index contributed by atoms with van der Waals surface area (Å²) in [6, 6.07) is 7.21. The van der Waals surface area contributed by atoms with E-state index in [1.165, 1.54) is 0 Å². The molecule has 1 aliphatic heterocycles. The van der Waals surface area contributed by atoms with Crippen molar-refractivity contribution in [1.29, 1.82) is 0 Å². The molecule has 0 radical (unpaired) electrons. The summed E-state index contributed by atoms with van der Waals surface area (Å²) in [5.74, 6) is 0.141. The molecule has 72 valence electrons. The zero-order valence-electron chi connectivity index (χ0n) is 7.78. The number of rotatable bonds is 2. The average molecular weight is 190 g/mol. The summed E-state index contributed by atoms with van der Waals surface area (Å²) >= 11 is 0. The number of carbonyl (C=O) groups excluding carboxylic acids is 1. The van der Waals surface area contributed by atoms with Crippen LogP contribution >= 0.6 is 0 Å². The van der Waals surface area contributed by atoms with Crippen molar-refractivity contribution in [2.45, 2.75) is 6.92 Å². The zero-order valence-corrected chi connectivity index (χ0v) is 7.78. The lowest BCUT2D eigenvalue weighted by atomic mass is 10.1. The SMILES string of the molecule is CCONC1=Nc2ccccc2C1=O. The highest BCUT2D eigenvalue weighted by Crippen LogP contribution is 2.24. The Balaban J connectivity index is 2.24. The first kappa shape index (κ1) is 8.90. The highest BCUT2D eigenvalue weighted by atomic mass is 16.6. The van der Waals surface area contributed by atoms with Gasteiger partial charge < -0.3 is 0 Å². The molecule has 1 aromatic carbocycles. The number of nitrogens with one attached hydrogen (secondary N) is 1. The van der Waals surface area contributed by atoms with Gasteiger partial charge in [-0.3, -0.25) is 9.63 Å². The Morgan fingerprint density at radius 3 is 2.93 bits per heavy atom. The molecule has 0 unspecified atom stereocenters. The van der Waals surface area contributed by atoms with Crippen molar-refractivity contribution < 1.29 is 9.63 Å². The fraction of sp³-hybridized carbons (Fsp3) is 0.200. The van der Waals surface area contributed by atoms with Crippen molar-refractivity contribution in [3.8, 4) is 0 Å². The molecule has 0 aliphatic carbocycles. The lowest BCUT2D eigenvalue weighted by molar-refractivity contribution is 0.0878. The molecule has 0 saturated heterocycles. The van der Waals surface area contributed by atoms with Gasteiger partial charge >= 0.3 is 0 Å². The molecule has 4 nitrogen and oxygen atoms in total. The second-order valence-corrected chi connectivity index (χ2v) is 2.84. The lowest BCUT2D eigenvalue weighted by Gasteiger charge is -2.01. The topological polar surface area (TPSA) is 50.7 Å². The van der Waals surface area contributed by atoms with Gasteiger partial charge in [-0.1, -0.05) is 12.1 Å². The predicted octanol–water partition coefficient (Wildman–Crippen LogP) is 1.45. The van der Waals surface area contributed by atoms with E-state index in [4.69, 9.17) is 4.84 Å². The maximum Gasteiger partial charge on any atom is 0.232 e.